The van der Waals surface area contributed by atoms with Gasteiger partial charge in [-0.25, -0.2) is 4.57 Å². The lowest BCUT2D eigenvalue weighted by Crippen LogP contribution is -3.00. The van der Waals surface area contributed by atoms with Crippen LogP contribution in [0.5, 0.6) is 5.75 Å². The molecule has 310 valence electrons. The van der Waals surface area contributed by atoms with Crippen molar-refractivity contribution in [2.75, 3.05) is 18.1 Å². The Labute approximate surface area is 351 Å². The van der Waals surface area contributed by atoms with Gasteiger partial charge in [-0.05, 0) is 56.0 Å². The van der Waals surface area contributed by atoms with Crippen LogP contribution in [0.25, 0.3) is 0 Å². The molecule has 0 aliphatic carbocycles. The van der Waals surface area contributed by atoms with E-state index in [1.54, 1.807) is 0 Å². The first kappa shape index (κ1) is 48.8. The molecule has 0 radical (unpaired) electrons. The molecule has 0 aliphatic heterocycles. The van der Waals surface area contributed by atoms with Crippen LogP contribution in [0, 0.1) is 13.8 Å². The number of hydrogen-bond donors (Lipinski definition) is 0. The number of hydrogen-bond acceptors (Lipinski definition) is 2. The molecule has 0 N–H and O–H groups in total. The highest BCUT2D eigenvalue weighted by Crippen LogP contribution is 2.25. The van der Waals surface area contributed by atoms with Crippen LogP contribution in [0.15, 0.2) is 67.0 Å². The molecule has 0 saturated carbocycles. The second kappa shape index (κ2) is 32.7. The van der Waals surface area contributed by atoms with Gasteiger partial charge < -0.3 is 26.6 Å². The molecular weight excluding hydrogens is 736 g/mol. The molecule has 1 aromatic heterocycles. The molecule has 3 aromatic rings. The maximum Gasteiger partial charge on any atom is 0.175 e. The van der Waals surface area contributed by atoms with E-state index in [1.165, 1.54) is 188 Å². The number of rotatable bonds is 34. The monoisotopic (exact) mass is 819 g/mol. The van der Waals surface area contributed by atoms with E-state index in [4.69, 9.17) is 4.74 Å². The van der Waals surface area contributed by atoms with Gasteiger partial charge in [0.2, 0.25) is 0 Å². The number of ether oxygens (including phenoxy) is 1. The van der Waals surface area contributed by atoms with Crippen molar-refractivity contribution in [3.8, 4) is 5.75 Å². The fourth-order valence-electron chi connectivity index (χ4n) is 7.81. The van der Waals surface area contributed by atoms with E-state index >= 15 is 0 Å². The van der Waals surface area contributed by atoms with Crippen LogP contribution in [0.2, 0.25) is 0 Å². The van der Waals surface area contributed by atoms with E-state index in [1.807, 2.05) is 0 Å². The average Bonchev–Trinajstić information content (AvgIpc) is 3.18. The lowest BCUT2D eigenvalue weighted by molar-refractivity contribution is -0.688. The maximum atomic E-state index is 6.19. The van der Waals surface area contributed by atoms with Crippen LogP contribution in [0.4, 0.5) is 5.69 Å². The summed E-state index contributed by atoms with van der Waals surface area (Å²) in [5.74, 6) is 1.01. The van der Waals surface area contributed by atoms with Crippen molar-refractivity contribution in [1.29, 1.82) is 0 Å². The van der Waals surface area contributed by atoms with Gasteiger partial charge in [-0.2, -0.15) is 0 Å². The smallest absolute Gasteiger partial charge is 0.175 e. The topological polar surface area (TPSA) is 16.4 Å². The lowest BCUT2D eigenvalue weighted by atomic mass is 10.0. The minimum Gasteiger partial charge on any atom is -1.00 e. The molecule has 0 bridgehead atoms. The summed E-state index contributed by atoms with van der Waals surface area (Å²) in [6.07, 6.45) is 40.5. The summed E-state index contributed by atoms with van der Waals surface area (Å²) in [6.45, 7) is 12.7. The standard InChI is InChI=1S/C51H83N2O.BrH/c1-5-7-9-11-13-15-17-19-20-21-23-25-27-31-40-53(51-34-30-29-33-49(51)45-52-41-39-46(3)47(4)43-52)44-48-35-37-50(38-36-48)54-42-32-28-26-24-22-18-16-14-12-10-8-6-2;/h29-30,33-39,41,43H,5-28,31-32,40,42,44-45H2,1-4H3;1H/q+1;/p-1. The van der Waals surface area contributed by atoms with Crippen LogP contribution in [-0.4, -0.2) is 13.2 Å². The number of pyridine rings is 1. The number of nitrogens with zero attached hydrogens (tertiary/aromatic N) is 2. The Morgan fingerprint density at radius 2 is 0.982 bits per heavy atom. The van der Waals surface area contributed by atoms with Gasteiger partial charge in [0.05, 0.1) is 6.61 Å². The molecular formula is C51H83BrN2O. The van der Waals surface area contributed by atoms with Crippen molar-refractivity contribution in [1.82, 2.24) is 0 Å². The molecule has 0 amide bonds. The van der Waals surface area contributed by atoms with Crippen molar-refractivity contribution in [3.05, 3.63) is 89.2 Å². The molecule has 0 atom stereocenters. The van der Waals surface area contributed by atoms with Crippen molar-refractivity contribution >= 4 is 5.69 Å². The number of benzene rings is 2. The van der Waals surface area contributed by atoms with E-state index in [9.17, 15) is 0 Å². The Hall–Kier alpha value is -2.33. The highest BCUT2D eigenvalue weighted by Gasteiger charge is 2.15. The average molecular weight is 820 g/mol. The third kappa shape index (κ3) is 22.9. The molecule has 1 heterocycles. The fourth-order valence-corrected chi connectivity index (χ4v) is 7.81. The van der Waals surface area contributed by atoms with Crippen LogP contribution in [-0.2, 0) is 13.1 Å². The van der Waals surface area contributed by atoms with Crippen LogP contribution in [0.1, 0.15) is 203 Å². The third-order valence-corrected chi connectivity index (χ3v) is 11.5. The van der Waals surface area contributed by atoms with Gasteiger partial charge in [-0.15, -0.1) is 0 Å². The van der Waals surface area contributed by atoms with E-state index in [2.05, 4.69) is 104 Å². The van der Waals surface area contributed by atoms with E-state index in [-0.39, 0.29) is 17.0 Å². The van der Waals surface area contributed by atoms with Gasteiger partial charge in [0, 0.05) is 36.0 Å². The zero-order valence-electron chi connectivity index (χ0n) is 36.2. The minimum atomic E-state index is 0. The predicted octanol–water partition coefficient (Wildman–Crippen LogP) is 12.2. The van der Waals surface area contributed by atoms with Crippen LogP contribution in [0.3, 0.4) is 0 Å². The molecule has 55 heavy (non-hydrogen) atoms. The molecule has 0 aliphatic rings. The molecule has 2 aromatic carbocycles. The Kier molecular flexibility index (Phi) is 29.0. The molecule has 0 unspecified atom stereocenters. The summed E-state index contributed by atoms with van der Waals surface area (Å²) in [5.41, 5.74) is 6.80. The van der Waals surface area contributed by atoms with Crippen molar-refractivity contribution < 1.29 is 26.3 Å². The molecule has 0 fully saturated rings. The molecule has 4 heteroatoms. The number of unbranched alkanes of at least 4 members (excludes halogenated alkanes) is 24. The second-order valence-corrected chi connectivity index (χ2v) is 16.5. The Morgan fingerprint density at radius 3 is 1.49 bits per heavy atom. The number of aromatic nitrogens is 1. The molecule has 0 spiro atoms. The van der Waals surface area contributed by atoms with Gasteiger partial charge in [-0.3, -0.25) is 0 Å². The van der Waals surface area contributed by atoms with E-state index in [0.29, 0.717) is 0 Å². The normalized spacial score (nSPS) is 11.1. The quantitative estimate of drug-likeness (QED) is 0.0441. The number of anilines is 1. The van der Waals surface area contributed by atoms with Gasteiger partial charge in [0.25, 0.3) is 0 Å². The maximum absolute atomic E-state index is 6.19. The van der Waals surface area contributed by atoms with Gasteiger partial charge in [0.15, 0.2) is 18.9 Å². The summed E-state index contributed by atoms with van der Waals surface area (Å²) in [6, 6.07) is 20.3. The summed E-state index contributed by atoms with van der Waals surface area (Å²) in [5, 5.41) is 0. The first-order valence-corrected chi connectivity index (χ1v) is 23.1. The summed E-state index contributed by atoms with van der Waals surface area (Å²) < 4.78 is 8.53. The van der Waals surface area contributed by atoms with Crippen LogP contribution >= 0.6 is 0 Å². The van der Waals surface area contributed by atoms with Gasteiger partial charge in [0.1, 0.15) is 5.75 Å². The van der Waals surface area contributed by atoms with E-state index < -0.39 is 0 Å². The summed E-state index contributed by atoms with van der Waals surface area (Å²) in [4.78, 5) is 2.64. The van der Waals surface area contributed by atoms with Crippen molar-refractivity contribution in [2.45, 2.75) is 208 Å². The number of aryl methyl sites for hydroxylation is 2. The third-order valence-electron chi connectivity index (χ3n) is 11.5. The first-order valence-electron chi connectivity index (χ1n) is 23.1. The zero-order chi connectivity index (χ0) is 38.3. The lowest BCUT2D eigenvalue weighted by Gasteiger charge is -2.27. The van der Waals surface area contributed by atoms with Crippen molar-refractivity contribution in [2.24, 2.45) is 0 Å². The van der Waals surface area contributed by atoms with Gasteiger partial charge in [-0.1, -0.05) is 198 Å². The van der Waals surface area contributed by atoms with E-state index in [0.717, 1.165) is 38.4 Å². The molecule has 3 nitrogen and oxygen atoms in total. The predicted molar refractivity (Wildman–Crippen MR) is 236 cm³/mol. The number of halogens is 1. The number of para-hydroxylation sites is 1. The highest BCUT2D eigenvalue weighted by molar-refractivity contribution is 5.54. The minimum absolute atomic E-state index is 0. The molecule has 0 saturated heterocycles. The Bertz CT molecular complexity index is 1320. The Balaban J connectivity index is 0.0000105. The SMILES string of the molecule is CCCCCCCCCCCCCCCCN(Cc1ccc(OCCCCCCCCCCCCCC)cc1)c1ccccc1C[n+]1ccc(C)c(C)c1.[Br-]. The summed E-state index contributed by atoms with van der Waals surface area (Å²) in [7, 11) is 0. The van der Waals surface area contributed by atoms with Crippen LogP contribution < -0.4 is 31.2 Å². The fraction of sp³-hybridized carbons (Fsp3) is 0.667. The van der Waals surface area contributed by atoms with Crippen molar-refractivity contribution in [3.63, 3.8) is 0 Å². The largest absolute Gasteiger partial charge is 1.00 e. The molecule has 3 rings (SSSR count). The van der Waals surface area contributed by atoms with Gasteiger partial charge >= 0.3 is 0 Å². The zero-order valence-corrected chi connectivity index (χ0v) is 37.8. The first-order chi connectivity index (χ1) is 26.6. The highest BCUT2D eigenvalue weighted by atomic mass is 79.9. The Morgan fingerprint density at radius 1 is 0.509 bits per heavy atom. The summed E-state index contributed by atoms with van der Waals surface area (Å²) >= 11 is 0. The second-order valence-electron chi connectivity index (χ2n) is 16.5.